The Balaban J connectivity index is 0.00000129. The van der Waals surface area contributed by atoms with Crippen molar-refractivity contribution < 1.29 is 9.53 Å². The van der Waals surface area contributed by atoms with Crippen molar-refractivity contribution in [1.29, 1.82) is 0 Å². The first-order chi connectivity index (χ1) is 18.5. The first-order valence-electron chi connectivity index (χ1n) is 14.5. The van der Waals surface area contributed by atoms with E-state index in [4.69, 9.17) is 4.74 Å². The van der Waals surface area contributed by atoms with Crippen LogP contribution in [0.1, 0.15) is 66.6 Å². The van der Waals surface area contributed by atoms with Gasteiger partial charge in [0.25, 0.3) is 5.91 Å². The minimum Gasteiger partial charge on any atom is -0.492 e. The Hall–Kier alpha value is -3.06. The molecule has 2 aromatic heterocycles. The molecule has 2 fully saturated rings. The molecule has 38 heavy (non-hydrogen) atoms. The molecule has 0 aliphatic carbocycles. The SMILES string of the molecule is CC.Cc1cc2nccn2cc1N1CCC(CN2CCC3(CC2)COc2c3ccc3c2CN(C)C3=O)CC1. The molecule has 4 aliphatic heterocycles. The van der Waals surface area contributed by atoms with Gasteiger partial charge in [-0.1, -0.05) is 19.9 Å². The van der Waals surface area contributed by atoms with E-state index >= 15 is 0 Å². The number of piperidine rings is 2. The molecule has 7 heteroatoms. The van der Waals surface area contributed by atoms with Crippen LogP contribution in [0.3, 0.4) is 0 Å². The third kappa shape index (κ3) is 4.15. The second-order valence-electron chi connectivity index (χ2n) is 11.5. The molecule has 1 amide bonds. The number of amides is 1. The molecule has 4 aliphatic rings. The maximum Gasteiger partial charge on any atom is 0.254 e. The zero-order chi connectivity index (χ0) is 26.4. The Labute approximate surface area is 226 Å². The highest BCUT2D eigenvalue weighted by atomic mass is 16.5. The summed E-state index contributed by atoms with van der Waals surface area (Å²) in [7, 11) is 1.88. The van der Waals surface area contributed by atoms with Crippen LogP contribution in [0.2, 0.25) is 0 Å². The number of rotatable bonds is 3. The maximum atomic E-state index is 12.4. The number of carbonyl (C=O) groups excluding carboxylic acids is 1. The van der Waals surface area contributed by atoms with Crippen molar-refractivity contribution in [3.05, 3.63) is 59.0 Å². The van der Waals surface area contributed by atoms with Gasteiger partial charge in [-0.3, -0.25) is 4.79 Å². The summed E-state index contributed by atoms with van der Waals surface area (Å²) in [5.41, 5.74) is 7.09. The smallest absolute Gasteiger partial charge is 0.254 e. The van der Waals surface area contributed by atoms with Crippen LogP contribution in [0.15, 0.2) is 36.8 Å². The van der Waals surface area contributed by atoms with Crippen LogP contribution in [0.5, 0.6) is 5.75 Å². The van der Waals surface area contributed by atoms with E-state index in [9.17, 15) is 4.79 Å². The number of fused-ring (bicyclic) bond motifs is 5. The van der Waals surface area contributed by atoms with Gasteiger partial charge in [0.15, 0.2) is 0 Å². The van der Waals surface area contributed by atoms with Crippen molar-refractivity contribution in [1.82, 2.24) is 19.2 Å². The highest BCUT2D eigenvalue weighted by molar-refractivity contribution is 5.99. The summed E-state index contributed by atoms with van der Waals surface area (Å²) in [4.78, 5) is 23.9. The fourth-order valence-corrected chi connectivity index (χ4v) is 7.05. The van der Waals surface area contributed by atoms with E-state index < -0.39 is 0 Å². The van der Waals surface area contributed by atoms with Gasteiger partial charge in [-0.05, 0) is 69.3 Å². The van der Waals surface area contributed by atoms with Crippen molar-refractivity contribution in [2.45, 2.75) is 58.4 Å². The lowest BCUT2D eigenvalue weighted by Crippen LogP contribution is -2.46. The average molecular weight is 516 g/mol. The van der Waals surface area contributed by atoms with Gasteiger partial charge in [0.05, 0.1) is 18.8 Å². The lowest BCUT2D eigenvalue weighted by molar-refractivity contribution is 0.0816. The minimum absolute atomic E-state index is 0.121. The molecular formula is C31H41N5O2. The van der Waals surface area contributed by atoms with Crippen molar-refractivity contribution >= 4 is 17.2 Å². The first kappa shape index (κ1) is 25.2. The molecule has 1 spiro atoms. The second kappa shape index (κ2) is 9.92. The summed E-state index contributed by atoms with van der Waals surface area (Å²) in [5, 5.41) is 0. The largest absolute Gasteiger partial charge is 0.492 e. The number of benzene rings is 1. The quantitative estimate of drug-likeness (QED) is 0.497. The Morgan fingerprint density at radius 1 is 1.11 bits per heavy atom. The molecule has 7 nitrogen and oxygen atoms in total. The van der Waals surface area contributed by atoms with Gasteiger partial charge in [0.2, 0.25) is 0 Å². The summed E-state index contributed by atoms with van der Waals surface area (Å²) in [6, 6.07) is 6.43. The van der Waals surface area contributed by atoms with Crippen LogP contribution in [0.25, 0.3) is 5.65 Å². The van der Waals surface area contributed by atoms with Crippen LogP contribution in [-0.4, -0.2) is 71.5 Å². The van der Waals surface area contributed by atoms with Crippen LogP contribution < -0.4 is 9.64 Å². The number of hydrogen-bond acceptors (Lipinski definition) is 5. The molecule has 0 atom stereocenters. The zero-order valence-electron chi connectivity index (χ0n) is 23.4. The zero-order valence-corrected chi connectivity index (χ0v) is 23.4. The topological polar surface area (TPSA) is 53.3 Å². The van der Waals surface area contributed by atoms with Crippen LogP contribution in [0.4, 0.5) is 5.69 Å². The third-order valence-corrected chi connectivity index (χ3v) is 9.29. The molecule has 6 heterocycles. The van der Waals surface area contributed by atoms with Gasteiger partial charge in [-0.25, -0.2) is 4.98 Å². The first-order valence-corrected chi connectivity index (χ1v) is 14.5. The van der Waals surface area contributed by atoms with Crippen molar-refractivity contribution in [2.24, 2.45) is 5.92 Å². The number of carbonyl (C=O) groups is 1. The van der Waals surface area contributed by atoms with Gasteiger partial charge in [0, 0.05) is 67.4 Å². The molecule has 0 radical (unpaired) electrons. The molecule has 1 aromatic carbocycles. The van der Waals surface area contributed by atoms with Crippen molar-refractivity contribution in [3.8, 4) is 5.75 Å². The number of aromatic nitrogens is 2. The number of ether oxygens (including phenoxy) is 1. The van der Waals surface area contributed by atoms with E-state index in [-0.39, 0.29) is 11.3 Å². The maximum absolute atomic E-state index is 12.4. The normalized spacial score (nSPS) is 20.9. The second-order valence-corrected chi connectivity index (χ2v) is 11.5. The highest BCUT2D eigenvalue weighted by Gasteiger charge is 2.45. The fraction of sp³-hybridized carbons (Fsp3) is 0.548. The molecule has 3 aromatic rings. The number of nitrogens with zero attached hydrogens (tertiary/aromatic N) is 5. The molecule has 0 saturated carbocycles. The molecule has 0 N–H and O–H groups in total. The highest BCUT2D eigenvalue weighted by Crippen LogP contribution is 2.49. The number of aryl methyl sites for hydroxylation is 1. The monoisotopic (exact) mass is 515 g/mol. The Bertz CT molecular complexity index is 1330. The van der Waals surface area contributed by atoms with Gasteiger partial charge in [-0.2, -0.15) is 0 Å². The Morgan fingerprint density at radius 2 is 1.87 bits per heavy atom. The molecule has 202 valence electrons. The summed E-state index contributed by atoms with van der Waals surface area (Å²) >= 11 is 0. The third-order valence-electron chi connectivity index (χ3n) is 9.29. The number of likely N-dealkylation sites (tertiary alicyclic amines) is 1. The van der Waals surface area contributed by atoms with Crippen LogP contribution in [-0.2, 0) is 12.0 Å². The van der Waals surface area contributed by atoms with Gasteiger partial charge in [-0.15, -0.1) is 0 Å². The van der Waals surface area contributed by atoms with Gasteiger partial charge < -0.3 is 23.8 Å². The molecule has 0 unspecified atom stereocenters. The van der Waals surface area contributed by atoms with E-state index in [1.54, 1.807) is 4.90 Å². The van der Waals surface area contributed by atoms with Gasteiger partial charge in [0.1, 0.15) is 11.4 Å². The van der Waals surface area contributed by atoms with E-state index in [1.807, 2.05) is 39.4 Å². The summed E-state index contributed by atoms with van der Waals surface area (Å²) in [6.07, 6.45) is 10.9. The van der Waals surface area contributed by atoms with Gasteiger partial charge >= 0.3 is 0 Å². The lowest BCUT2D eigenvalue weighted by atomic mass is 9.73. The Morgan fingerprint density at radius 3 is 2.63 bits per heavy atom. The number of hydrogen-bond donors (Lipinski definition) is 0. The molecular weight excluding hydrogens is 474 g/mol. The minimum atomic E-state index is 0.121. The molecule has 2 saturated heterocycles. The fourth-order valence-electron chi connectivity index (χ4n) is 7.05. The van der Waals surface area contributed by atoms with Crippen molar-refractivity contribution in [3.63, 3.8) is 0 Å². The number of anilines is 1. The number of pyridine rings is 1. The van der Waals surface area contributed by atoms with E-state index in [1.165, 1.54) is 36.2 Å². The van der Waals surface area contributed by atoms with Crippen molar-refractivity contribution in [2.75, 3.05) is 51.3 Å². The van der Waals surface area contributed by atoms with Crippen LogP contribution in [0, 0.1) is 12.8 Å². The lowest BCUT2D eigenvalue weighted by Gasteiger charge is -2.41. The summed E-state index contributed by atoms with van der Waals surface area (Å²) in [6.45, 7) is 13.4. The van der Waals surface area contributed by atoms with E-state index in [2.05, 4.69) is 44.4 Å². The standard InChI is InChI=1S/C29H35N5O2.C2H6/c1-20-15-26-30-9-14-34(26)18-25(20)33-10-5-21(6-11-33)16-32-12-7-29(8-13-32)19-36-27-23-17-31(2)28(35)22(23)3-4-24(27)29;1-2/h3-4,9,14-15,18,21H,5-8,10-13,16-17,19H2,1-2H3;1-2H3. The summed E-state index contributed by atoms with van der Waals surface area (Å²) in [5.74, 6) is 1.90. The predicted molar refractivity (Wildman–Crippen MR) is 151 cm³/mol. The average Bonchev–Trinajstić information content (AvgIpc) is 3.63. The van der Waals surface area contributed by atoms with E-state index in [0.717, 1.165) is 74.1 Å². The number of imidazole rings is 1. The molecule has 7 rings (SSSR count). The predicted octanol–water partition coefficient (Wildman–Crippen LogP) is 4.90. The summed E-state index contributed by atoms with van der Waals surface area (Å²) < 4.78 is 8.43. The molecule has 0 bridgehead atoms. The van der Waals surface area contributed by atoms with Crippen LogP contribution >= 0.6 is 0 Å². The Kier molecular flexibility index (Phi) is 6.58. The van der Waals surface area contributed by atoms with E-state index in [0.29, 0.717) is 6.54 Å².